The topological polar surface area (TPSA) is 17.1 Å². The lowest BCUT2D eigenvalue weighted by atomic mass is 9.91. The fourth-order valence-electron chi connectivity index (χ4n) is 3.64. The minimum atomic E-state index is -0.648. The molecule has 3 unspecified atom stereocenters. The van der Waals surface area contributed by atoms with Crippen molar-refractivity contribution in [2.75, 3.05) is 0 Å². The summed E-state index contributed by atoms with van der Waals surface area (Å²) in [5, 5.41) is 0.655. The number of hydrogen-bond acceptors (Lipinski definition) is 1. The van der Waals surface area contributed by atoms with Gasteiger partial charge in [0.25, 0.3) is 0 Å². The Morgan fingerprint density at radius 3 is 2.45 bits per heavy atom. The summed E-state index contributed by atoms with van der Waals surface area (Å²) in [6.45, 7) is 0. The maximum absolute atomic E-state index is 12.3. The molecule has 1 fully saturated rings. The van der Waals surface area contributed by atoms with E-state index >= 15 is 0 Å². The highest BCUT2D eigenvalue weighted by Gasteiger charge is 2.33. The summed E-state index contributed by atoms with van der Waals surface area (Å²) in [7, 11) is -0.648. The quantitative estimate of drug-likeness (QED) is 0.778. The molecule has 2 aliphatic rings. The molecule has 4 rings (SSSR count). The van der Waals surface area contributed by atoms with Gasteiger partial charge in [-0.05, 0) is 47.6 Å². The van der Waals surface area contributed by atoms with Gasteiger partial charge in [-0.1, -0.05) is 61.0 Å². The second-order valence-electron chi connectivity index (χ2n) is 6.26. The molecule has 1 saturated heterocycles. The van der Waals surface area contributed by atoms with Crippen LogP contribution in [0.25, 0.3) is 16.7 Å². The molecule has 0 spiro atoms. The molecule has 0 N–H and O–H groups in total. The molecule has 2 heterocycles. The maximum Gasteiger partial charge on any atom is 0.0536 e. The van der Waals surface area contributed by atoms with Gasteiger partial charge in [0.1, 0.15) is 0 Å². The van der Waals surface area contributed by atoms with Crippen molar-refractivity contribution in [3.05, 3.63) is 66.2 Å². The largest absolute Gasteiger partial charge is 0.259 e. The molecule has 0 saturated carbocycles. The van der Waals surface area contributed by atoms with E-state index in [-0.39, 0.29) is 5.25 Å². The lowest BCUT2D eigenvalue weighted by Gasteiger charge is -2.33. The van der Waals surface area contributed by atoms with Crippen LogP contribution in [0.2, 0.25) is 0 Å². The van der Waals surface area contributed by atoms with Crippen LogP contribution in [0.15, 0.2) is 60.7 Å². The smallest absolute Gasteiger partial charge is 0.0536 e. The number of allylic oxidation sites excluding steroid dienone is 1. The molecule has 0 amide bonds. The predicted octanol–water partition coefficient (Wildman–Crippen LogP) is 4.81. The standard InChI is InChI=1S/C20H20OS/c21-22-19-10-5-11-20(22)14-18(13-19)17-9-4-8-16(12-17)15-6-2-1-3-7-15/h1-4,6-9,12-13,19-20H,5,10-11,14H2. The van der Waals surface area contributed by atoms with Crippen LogP contribution < -0.4 is 0 Å². The van der Waals surface area contributed by atoms with E-state index in [4.69, 9.17) is 0 Å². The van der Waals surface area contributed by atoms with E-state index in [1.807, 2.05) is 6.07 Å². The van der Waals surface area contributed by atoms with Gasteiger partial charge in [0.05, 0.1) is 5.25 Å². The van der Waals surface area contributed by atoms with E-state index in [0.29, 0.717) is 5.25 Å². The van der Waals surface area contributed by atoms with Gasteiger partial charge in [0.2, 0.25) is 0 Å². The summed E-state index contributed by atoms with van der Waals surface area (Å²) < 4.78 is 12.3. The average molecular weight is 308 g/mol. The summed E-state index contributed by atoms with van der Waals surface area (Å²) in [5.74, 6) is 0. The molecule has 0 aromatic heterocycles. The summed E-state index contributed by atoms with van der Waals surface area (Å²) in [6.07, 6.45) is 6.70. The number of fused-ring (bicyclic) bond motifs is 2. The molecular weight excluding hydrogens is 288 g/mol. The molecule has 3 atom stereocenters. The van der Waals surface area contributed by atoms with Gasteiger partial charge in [0.15, 0.2) is 0 Å². The highest BCUT2D eigenvalue weighted by atomic mass is 32.2. The number of hydrogen-bond donors (Lipinski definition) is 0. The van der Waals surface area contributed by atoms with E-state index in [0.717, 1.165) is 19.3 Å². The summed E-state index contributed by atoms with van der Waals surface area (Å²) in [4.78, 5) is 0. The van der Waals surface area contributed by atoms with Crippen molar-refractivity contribution in [1.29, 1.82) is 0 Å². The van der Waals surface area contributed by atoms with Crippen molar-refractivity contribution in [2.24, 2.45) is 0 Å². The SMILES string of the molecule is O=S1C2C=C(c3cccc(-c4ccccc4)c3)CC1CCC2. The average Bonchev–Trinajstić information content (AvgIpc) is 2.56. The highest BCUT2D eigenvalue weighted by molar-refractivity contribution is 7.86. The highest BCUT2D eigenvalue weighted by Crippen LogP contribution is 2.37. The number of benzene rings is 2. The summed E-state index contributed by atoms with van der Waals surface area (Å²) in [6, 6.07) is 19.3. The van der Waals surface area contributed by atoms with Gasteiger partial charge >= 0.3 is 0 Å². The minimum absolute atomic E-state index is 0.280. The fraction of sp³-hybridized carbons (Fsp3) is 0.300. The predicted molar refractivity (Wildman–Crippen MR) is 94.0 cm³/mol. The van der Waals surface area contributed by atoms with Crippen LogP contribution >= 0.6 is 0 Å². The molecule has 2 bridgehead atoms. The lowest BCUT2D eigenvalue weighted by molar-refractivity contribution is 0.579. The van der Waals surface area contributed by atoms with Crippen molar-refractivity contribution >= 4 is 16.4 Å². The molecule has 2 aliphatic heterocycles. The summed E-state index contributed by atoms with van der Waals surface area (Å²) in [5.41, 5.74) is 5.21. The molecule has 2 heteroatoms. The zero-order valence-electron chi connectivity index (χ0n) is 12.6. The molecule has 22 heavy (non-hydrogen) atoms. The molecule has 0 aliphatic carbocycles. The van der Waals surface area contributed by atoms with Gasteiger partial charge in [-0.25, -0.2) is 0 Å². The molecular formula is C20H20OS. The van der Waals surface area contributed by atoms with Gasteiger partial charge in [-0.3, -0.25) is 4.21 Å². The molecule has 1 nitrogen and oxygen atoms in total. The first-order valence-corrected chi connectivity index (χ1v) is 9.35. The maximum atomic E-state index is 12.3. The second kappa shape index (κ2) is 5.85. The minimum Gasteiger partial charge on any atom is -0.259 e. The second-order valence-corrected chi connectivity index (χ2v) is 8.19. The van der Waals surface area contributed by atoms with Gasteiger partial charge in [-0.15, -0.1) is 0 Å². The Bertz CT molecular complexity index is 732. The lowest BCUT2D eigenvalue weighted by Crippen LogP contribution is -2.33. The van der Waals surface area contributed by atoms with Crippen LogP contribution in [-0.2, 0) is 10.8 Å². The first-order valence-electron chi connectivity index (χ1n) is 8.07. The van der Waals surface area contributed by atoms with Crippen LogP contribution in [0.1, 0.15) is 31.2 Å². The van der Waals surface area contributed by atoms with Crippen molar-refractivity contribution in [3.8, 4) is 11.1 Å². The third-order valence-electron chi connectivity index (χ3n) is 4.82. The number of rotatable bonds is 2. The van der Waals surface area contributed by atoms with Gasteiger partial charge in [-0.2, -0.15) is 0 Å². The van der Waals surface area contributed by atoms with E-state index in [2.05, 4.69) is 54.6 Å². The van der Waals surface area contributed by atoms with Crippen LogP contribution in [0, 0.1) is 0 Å². The molecule has 112 valence electrons. The van der Waals surface area contributed by atoms with Gasteiger partial charge in [0, 0.05) is 16.0 Å². The zero-order chi connectivity index (χ0) is 14.9. The molecule has 2 aromatic carbocycles. The van der Waals surface area contributed by atoms with Crippen molar-refractivity contribution in [1.82, 2.24) is 0 Å². The Morgan fingerprint density at radius 1 is 0.864 bits per heavy atom. The normalized spacial score (nSPS) is 27.3. The van der Waals surface area contributed by atoms with E-state index < -0.39 is 10.8 Å². The summed E-state index contributed by atoms with van der Waals surface area (Å²) >= 11 is 0. The Labute approximate surface area is 134 Å². The monoisotopic (exact) mass is 308 g/mol. The molecule has 2 aromatic rings. The van der Waals surface area contributed by atoms with Crippen LogP contribution in [0.3, 0.4) is 0 Å². The third-order valence-corrected chi connectivity index (χ3v) is 6.84. The molecule has 0 radical (unpaired) electrons. The van der Waals surface area contributed by atoms with Crippen LogP contribution in [0.4, 0.5) is 0 Å². The van der Waals surface area contributed by atoms with Crippen LogP contribution in [-0.4, -0.2) is 14.7 Å². The zero-order valence-corrected chi connectivity index (χ0v) is 13.4. The van der Waals surface area contributed by atoms with E-state index in [1.165, 1.54) is 28.7 Å². The Morgan fingerprint density at radius 2 is 1.64 bits per heavy atom. The van der Waals surface area contributed by atoms with Gasteiger partial charge < -0.3 is 0 Å². The Kier molecular flexibility index (Phi) is 3.71. The van der Waals surface area contributed by atoms with E-state index in [1.54, 1.807) is 0 Å². The van der Waals surface area contributed by atoms with Crippen molar-refractivity contribution in [3.63, 3.8) is 0 Å². The van der Waals surface area contributed by atoms with E-state index in [9.17, 15) is 4.21 Å². The Hall–Kier alpha value is -1.67. The van der Waals surface area contributed by atoms with Crippen LogP contribution in [0.5, 0.6) is 0 Å². The Balaban J connectivity index is 1.70. The van der Waals surface area contributed by atoms with Crippen molar-refractivity contribution < 1.29 is 4.21 Å². The fourth-order valence-corrected chi connectivity index (χ4v) is 5.58. The third kappa shape index (κ3) is 2.56. The van der Waals surface area contributed by atoms with Crippen molar-refractivity contribution in [2.45, 2.75) is 36.2 Å². The first kappa shape index (κ1) is 14.0. The first-order chi connectivity index (χ1) is 10.8.